The molecule has 1 fully saturated rings. The van der Waals surface area contributed by atoms with Crippen molar-refractivity contribution >= 4 is 5.78 Å². The fourth-order valence-electron chi connectivity index (χ4n) is 6.69. The summed E-state index contributed by atoms with van der Waals surface area (Å²) in [5.74, 6) is 0.387. The molecule has 0 radical (unpaired) electrons. The van der Waals surface area contributed by atoms with E-state index >= 15 is 0 Å². The summed E-state index contributed by atoms with van der Waals surface area (Å²) in [5, 5.41) is 31.3. The average Bonchev–Trinajstić information content (AvgIpc) is 3.57. The summed E-state index contributed by atoms with van der Waals surface area (Å²) >= 11 is 0. The number of alkyl halides is 1. The molecule has 0 spiro atoms. The van der Waals surface area contributed by atoms with E-state index in [1.807, 2.05) is 13.0 Å². The molecule has 7 atom stereocenters. The van der Waals surface area contributed by atoms with Gasteiger partial charge in [0.05, 0.1) is 30.5 Å². The Bertz CT molecular complexity index is 728. The van der Waals surface area contributed by atoms with E-state index in [-0.39, 0.29) is 30.3 Å². The summed E-state index contributed by atoms with van der Waals surface area (Å²) < 4.78 is 20.4. The van der Waals surface area contributed by atoms with Gasteiger partial charge in [-0.15, -0.1) is 0 Å². The number of rotatable bonds is 26. The summed E-state index contributed by atoms with van der Waals surface area (Å²) in [4.78, 5) is 11.8. The lowest BCUT2D eigenvalue weighted by Crippen LogP contribution is -2.31. The minimum absolute atomic E-state index is 0.125. The average molecular weight is 596 g/mol. The zero-order valence-electron chi connectivity index (χ0n) is 27.1. The molecule has 0 amide bonds. The summed E-state index contributed by atoms with van der Waals surface area (Å²) in [6, 6.07) is 0. The number of Topliss-reactive ketones (excluding diaryl/α,β-unsaturated/α-hetero) is 1. The minimum atomic E-state index is -0.908. The van der Waals surface area contributed by atoms with Gasteiger partial charge in [-0.2, -0.15) is 0 Å². The van der Waals surface area contributed by atoms with Crippen molar-refractivity contribution in [3.63, 3.8) is 0 Å². The number of aliphatic hydroxyl groups excluding tert-OH is 3. The second-order valence-electron chi connectivity index (χ2n) is 13.6. The first-order valence-corrected chi connectivity index (χ1v) is 17.9. The molecule has 42 heavy (non-hydrogen) atoms. The lowest BCUT2D eigenvalue weighted by Gasteiger charge is -2.22. The van der Waals surface area contributed by atoms with Crippen LogP contribution in [0.4, 0.5) is 4.39 Å². The van der Waals surface area contributed by atoms with Crippen LogP contribution in [0.15, 0.2) is 11.6 Å². The van der Waals surface area contributed by atoms with Gasteiger partial charge in [-0.25, -0.2) is 4.39 Å². The first kappa shape index (κ1) is 37.4. The van der Waals surface area contributed by atoms with Crippen molar-refractivity contribution in [2.45, 2.75) is 205 Å². The van der Waals surface area contributed by atoms with Crippen LogP contribution in [0, 0.1) is 5.92 Å². The van der Waals surface area contributed by atoms with Gasteiger partial charge in [-0.05, 0) is 56.4 Å². The second-order valence-corrected chi connectivity index (χ2v) is 13.6. The lowest BCUT2D eigenvalue weighted by atomic mass is 9.97. The highest BCUT2D eigenvalue weighted by Crippen LogP contribution is 2.29. The Morgan fingerprint density at radius 2 is 1.36 bits per heavy atom. The number of halogens is 1. The maximum atomic E-state index is 14.3. The molecule has 1 unspecified atom stereocenters. The molecule has 1 saturated heterocycles. The largest absolute Gasteiger partial charge is 0.390 e. The maximum Gasteiger partial charge on any atom is 0.159 e. The number of ketones is 1. The van der Waals surface area contributed by atoms with Crippen molar-refractivity contribution in [1.82, 2.24) is 0 Å². The Morgan fingerprint density at radius 1 is 0.786 bits per heavy atom. The molecule has 0 aromatic heterocycles. The van der Waals surface area contributed by atoms with E-state index in [1.165, 1.54) is 51.4 Å². The highest BCUT2D eigenvalue weighted by atomic mass is 18.2. The summed E-state index contributed by atoms with van der Waals surface area (Å²) in [5.41, 5.74) is 0.698. The van der Waals surface area contributed by atoms with Crippen LogP contribution in [-0.2, 0) is 9.53 Å². The van der Waals surface area contributed by atoms with Crippen LogP contribution in [0.25, 0.3) is 0 Å². The van der Waals surface area contributed by atoms with Gasteiger partial charge >= 0.3 is 0 Å². The smallest absolute Gasteiger partial charge is 0.159 e. The van der Waals surface area contributed by atoms with E-state index in [0.717, 1.165) is 64.2 Å². The molecule has 0 aromatic rings. The summed E-state index contributed by atoms with van der Waals surface area (Å²) in [6.45, 7) is 4.26. The Morgan fingerprint density at radius 3 is 1.98 bits per heavy atom. The molecule has 1 aliphatic heterocycles. The number of ether oxygens (including phenoxy) is 1. The van der Waals surface area contributed by atoms with Gasteiger partial charge in [0, 0.05) is 12.8 Å². The first-order valence-electron chi connectivity index (χ1n) is 17.9. The zero-order chi connectivity index (χ0) is 30.6. The number of hydrogen-bond acceptors (Lipinski definition) is 5. The Balaban J connectivity index is 1.42. The fraction of sp³-hybridized carbons (Fsp3) is 0.917. The van der Waals surface area contributed by atoms with Crippen LogP contribution in [0.3, 0.4) is 0 Å². The standard InChI is InChI=1S/C36H65FO5/c1-3-4-5-6-7-8-9-10-14-17-20-32(38)33(39)22-23-34(40)36-24-21-31(42-36)19-16-13-11-12-15-18-30(37)27-29-25-28(2)26-35(29)41/h25,28,30-34,36,38-40H,3-24,26-27H2,1-2H3/t28-,30?,31+,32+,33+,34-,36-/m0/s1/i37-1. The Labute approximate surface area is 257 Å². The first-order chi connectivity index (χ1) is 20.3. The van der Waals surface area contributed by atoms with Crippen molar-refractivity contribution in [1.29, 1.82) is 0 Å². The van der Waals surface area contributed by atoms with Gasteiger partial charge in [0.1, 0.15) is 6.17 Å². The minimum Gasteiger partial charge on any atom is -0.390 e. The van der Waals surface area contributed by atoms with Gasteiger partial charge in [0.15, 0.2) is 5.78 Å². The monoisotopic (exact) mass is 595 g/mol. The van der Waals surface area contributed by atoms with Crippen LogP contribution >= 0.6 is 0 Å². The van der Waals surface area contributed by atoms with Gasteiger partial charge in [0.2, 0.25) is 0 Å². The number of carbonyl (C=O) groups excluding carboxylic acids is 1. The van der Waals surface area contributed by atoms with Crippen molar-refractivity contribution in [3.8, 4) is 0 Å². The molecule has 2 aliphatic rings. The number of allylic oxidation sites excluding steroid dienone is 2. The quantitative estimate of drug-likeness (QED) is 0.0871. The predicted molar refractivity (Wildman–Crippen MR) is 170 cm³/mol. The zero-order valence-corrected chi connectivity index (χ0v) is 27.1. The molecule has 0 aromatic carbocycles. The van der Waals surface area contributed by atoms with Gasteiger partial charge in [-0.3, -0.25) is 4.79 Å². The van der Waals surface area contributed by atoms with Crippen LogP contribution in [-0.4, -0.2) is 57.8 Å². The highest BCUT2D eigenvalue weighted by molar-refractivity contribution is 5.97. The predicted octanol–water partition coefficient (Wildman–Crippen LogP) is 8.70. The number of carbonyl (C=O) groups is 1. The Kier molecular flexibility index (Phi) is 20.2. The molecule has 1 aliphatic carbocycles. The third-order valence-corrected chi connectivity index (χ3v) is 9.46. The molecule has 0 bridgehead atoms. The third kappa shape index (κ3) is 16.3. The van der Waals surface area contributed by atoms with Crippen molar-refractivity contribution in [2.24, 2.45) is 5.92 Å². The van der Waals surface area contributed by atoms with Gasteiger partial charge in [-0.1, -0.05) is 116 Å². The maximum absolute atomic E-state index is 14.3. The van der Waals surface area contributed by atoms with E-state index in [9.17, 15) is 24.5 Å². The molecule has 6 heteroatoms. The SMILES string of the molecule is CCCCCCCCCCCC[C@@H](O)[C@H](O)CC[C@H](O)[C@@H]1CC[C@@H](CCCCCCCC([18F])CC2=C[C@H](C)CC2=O)O1. The van der Waals surface area contributed by atoms with Gasteiger partial charge < -0.3 is 20.1 Å². The lowest BCUT2D eigenvalue weighted by molar-refractivity contribution is -0.115. The molecule has 2 rings (SSSR count). The molecule has 246 valence electrons. The molecular weight excluding hydrogens is 530 g/mol. The topological polar surface area (TPSA) is 87.0 Å². The number of hydrogen-bond donors (Lipinski definition) is 3. The molecular formula is C36H65FO5. The summed E-state index contributed by atoms with van der Waals surface area (Å²) in [6.07, 6.45) is 22.3. The van der Waals surface area contributed by atoms with E-state index < -0.39 is 24.5 Å². The van der Waals surface area contributed by atoms with Crippen molar-refractivity contribution in [3.05, 3.63) is 11.6 Å². The van der Waals surface area contributed by atoms with Crippen LogP contribution in [0.5, 0.6) is 0 Å². The third-order valence-electron chi connectivity index (χ3n) is 9.46. The highest BCUT2D eigenvalue weighted by Gasteiger charge is 2.31. The normalized spacial score (nSPS) is 23.7. The number of unbranched alkanes of at least 4 members (excludes halogenated alkanes) is 13. The van der Waals surface area contributed by atoms with Crippen molar-refractivity contribution < 1.29 is 29.2 Å². The number of aliphatic hydroxyl groups is 3. The van der Waals surface area contributed by atoms with Crippen LogP contribution in [0.1, 0.15) is 168 Å². The van der Waals surface area contributed by atoms with Crippen LogP contribution < -0.4 is 0 Å². The van der Waals surface area contributed by atoms with E-state index in [2.05, 4.69) is 6.92 Å². The molecule has 3 N–H and O–H groups in total. The molecule has 5 nitrogen and oxygen atoms in total. The van der Waals surface area contributed by atoms with E-state index in [0.29, 0.717) is 37.7 Å². The second kappa shape index (κ2) is 22.7. The molecule has 1 heterocycles. The van der Waals surface area contributed by atoms with Crippen molar-refractivity contribution in [2.75, 3.05) is 0 Å². The van der Waals surface area contributed by atoms with E-state index in [4.69, 9.17) is 4.74 Å². The summed E-state index contributed by atoms with van der Waals surface area (Å²) in [7, 11) is 0. The fourth-order valence-corrected chi connectivity index (χ4v) is 6.69. The molecule has 0 saturated carbocycles. The van der Waals surface area contributed by atoms with Crippen LogP contribution in [0.2, 0.25) is 0 Å². The van der Waals surface area contributed by atoms with Gasteiger partial charge in [0.25, 0.3) is 0 Å². The Hall–Kier alpha value is -0.820. The van der Waals surface area contributed by atoms with E-state index in [1.54, 1.807) is 0 Å².